The molecule has 5 nitrogen and oxygen atoms in total. The van der Waals surface area contributed by atoms with Gasteiger partial charge in [0.05, 0.1) is 17.7 Å². The summed E-state index contributed by atoms with van der Waals surface area (Å²) in [6.07, 6.45) is 0.411. The molecule has 0 saturated carbocycles. The number of rotatable bonds is 5. The normalized spacial score (nSPS) is 14.0. The number of nitrogens with zero attached hydrogens (tertiary/aromatic N) is 2. The van der Waals surface area contributed by atoms with E-state index in [1.165, 1.54) is 6.07 Å². The van der Waals surface area contributed by atoms with Crippen LogP contribution in [0.4, 0.5) is 4.39 Å². The van der Waals surface area contributed by atoms with Gasteiger partial charge in [0.2, 0.25) is 0 Å². The first-order valence-electron chi connectivity index (χ1n) is 11.6. The maximum absolute atomic E-state index is 14.4. The van der Waals surface area contributed by atoms with Crippen molar-refractivity contribution in [1.82, 2.24) is 14.8 Å². The average Bonchev–Trinajstić information content (AvgIpc) is 3.20. The maximum Gasteiger partial charge on any atom is 0.256 e. The molecule has 1 fully saturated rings. The number of fused-ring (bicyclic) bond motifs is 1. The molecule has 1 aliphatic heterocycles. The van der Waals surface area contributed by atoms with Gasteiger partial charge in [0, 0.05) is 49.4 Å². The van der Waals surface area contributed by atoms with Gasteiger partial charge in [-0.15, -0.1) is 0 Å². The SMILES string of the molecule is Cc1c(F)cccc1Cc1c(C(=O)N2CCNCC2)c2cc(CO)ccc2n1-c1ccccc1. The van der Waals surface area contributed by atoms with Gasteiger partial charge < -0.3 is 19.9 Å². The fourth-order valence-electron chi connectivity index (χ4n) is 4.82. The van der Waals surface area contributed by atoms with Crippen molar-refractivity contribution in [3.8, 4) is 5.69 Å². The molecule has 1 saturated heterocycles. The van der Waals surface area contributed by atoms with Crippen molar-refractivity contribution in [1.29, 1.82) is 0 Å². The predicted octanol–water partition coefficient (Wildman–Crippen LogP) is 4.21. The number of aromatic nitrogens is 1. The fourth-order valence-corrected chi connectivity index (χ4v) is 4.82. The monoisotopic (exact) mass is 457 g/mol. The van der Waals surface area contributed by atoms with E-state index in [4.69, 9.17) is 0 Å². The van der Waals surface area contributed by atoms with Crippen molar-refractivity contribution in [3.63, 3.8) is 0 Å². The lowest BCUT2D eigenvalue weighted by molar-refractivity contribution is 0.0736. The lowest BCUT2D eigenvalue weighted by Gasteiger charge is -2.28. The molecular weight excluding hydrogens is 429 g/mol. The molecule has 0 atom stereocenters. The van der Waals surface area contributed by atoms with Gasteiger partial charge in [0.1, 0.15) is 5.82 Å². The van der Waals surface area contributed by atoms with Gasteiger partial charge in [0.25, 0.3) is 5.91 Å². The smallest absolute Gasteiger partial charge is 0.256 e. The number of hydrogen-bond donors (Lipinski definition) is 2. The summed E-state index contributed by atoms with van der Waals surface area (Å²) in [5, 5.41) is 13.9. The Bertz CT molecular complexity index is 1340. The van der Waals surface area contributed by atoms with Gasteiger partial charge >= 0.3 is 0 Å². The molecule has 0 aliphatic carbocycles. The van der Waals surface area contributed by atoms with Crippen LogP contribution in [-0.2, 0) is 13.0 Å². The third kappa shape index (κ3) is 4.00. The number of hydrogen-bond acceptors (Lipinski definition) is 3. The summed E-state index contributed by atoms with van der Waals surface area (Å²) in [6.45, 7) is 4.45. The highest BCUT2D eigenvalue weighted by Gasteiger charge is 2.28. The van der Waals surface area contributed by atoms with E-state index in [-0.39, 0.29) is 18.3 Å². The van der Waals surface area contributed by atoms with Gasteiger partial charge in [-0.05, 0) is 53.9 Å². The number of benzene rings is 3. The topological polar surface area (TPSA) is 57.5 Å². The maximum atomic E-state index is 14.4. The number of aliphatic hydroxyl groups excluding tert-OH is 1. The Morgan fingerprint density at radius 2 is 1.79 bits per heavy atom. The molecule has 0 unspecified atom stereocenters. The van der Waals surface area contributed by atoms with E-state index in [1.54, 1.807) is 13.0 Å². The van der Waals surface area contributed by atoms with E-state index < -0.39 is 0 Å². The van der Waals surface area contributed by atoms with E-state index in [1.807, 2.05) is 59.5 Å². The van der Waals surface area contributed by atoms with Crippen LogP contribution in [0.5, 0.6) is 0 Å². The van der Waals surface area contributed by atoms with Gasteiger partial charge in [0.15, 0.2) is 0 Å². The molecule has 0 spiro atoms. The quantitative estimate of drug-likeness (QED) is 0.472. The van der Waals surface area contributed by atoms with Crippen molar-refractivity contribution in [2.24, 2.45) is 0 Å². The summed E-state index contributed by atoms with van der Waals surface area (Å²) >= 11 is 0. The van der Waals surface area contributed by atoms with Crippen LogP contribution in [0.1, 0.15) is 32.7 Å². The van der Waals surface area contributed by atoms with E-state index in [2.05, 4.69) is 9.88 Å². The molecule has 1 aromatic heterocycles. The number of nitrogens with one attached hydrogen (secondary N) is 1. The predicted molar refractivity (Wildman–Crippen MR) is 132 cm³/mol. The van der Waals surface area contributed by atoms with Crippen molar-refractivity contribution in [2.45, 2.75) is 20.0 Å². The fraction of sp³-hybridized carbons (Fsp3) is 0.250. The van der Waals surface area contributed by atoms with E-state index in [0.717, 1.165) is 46.5 Å². The minimum absolute atomic E-state index is 0.0275. The molecular formula is C28H28FN3O2. The molecule has 174 valence electrons. The molecule has 5 rings (SSSR count). The van der Waals surface area contributed by atoms with Crippen LogP contribution >= 0.6 is 0 Å². The minimum Gasteiger partial charge on any atom is -0.392 e. The zero-order valence-corrected chi connectivity index (χ0v) is 19.2. The molecule has 0 bridgehead atoms. The highest BCUT2D eigenvalue weighted by molar-refractivity contribution is 6.09. The third-order valence-corrected chi connectivity index (χ3v) is 6.68. The Morgan fingerprint density at radius 1 is 1.03 bits per heavy atom. The van der Waals surface area contributed by atoms with Crippen LogP contribution in [0, 0.1) is 12.7 Å². The largest absolute Gasteiger partial charge is 0.392 e. The van der Waals surface area contributed by atoms with Gasteiger partial charge in [-0.25, -0.2) is 4.39 Å². The number of para-hydroxylation sites is 1. The summed E-state index contributed by atoms with van der Waals surface area (Å²) in [6, 6.07) is 20.8. The second-order valence-electron chi connectivity index (χ2n) is 8.75. The molecule has 4 aromatic rings. The average molecular weight is 458 g/mol. The zero-order chi connectivity index (χ0) is 23.7. The van der Waals surface area contributed by atoms with Crippen LogP contribution in [0.15, 0.2) is 66.7 Å². The van der Waals surface area contributed by atoms with Crippen LogP contribution in [0.2, 0.25) is 0 Å². The molecule has 0 radical (unpaired) electrons. The van der Waals surface area contributed by atoms with Crippen molar-refractivity contribution < 1.29 is 14.3 Å². The molecule has 1 amide bonds. The highest BCUT2D eigenvalue weighted by Crippen LogP contribution is 2.34. The zero-order valence-electron chi connectivity index (χ0n) is 19.2. The lowest BCUT2D eigenvalue weighted by Crippen LogP contribution is -2.46. The van der Waals surface area contributed by atoms with Crippen molar-refractivity contribution in [3.05, 3.63) is 100 Å². The summed E-state index contributed by atoms with van der Waals surface area (Å²) in [5.41, 5.74) is 5.47. The molecule has 1 aliphatic rings. The molecule has 3 aromatic carbocycles. The Morgan fingerprint density at radius 3 is 2.53 bits per heavy atom. The Kier molecular flexibility index (Phi) is 6.18. The van der Waals surface area contributed by atoms with Crippen LogP contribution in [0.25, 0.3) is 16.6 Å². The number of carbonyl (C=O) groups excluding carboxylic acids is 1. The van der Waals surface area contributed by atoms with E-state index in [0.29, 0.717) is 30.6 Å². The van der Waals surface area contributed by atoms with Crippen molar-refractivity contribution in [2.75, 3.05) is 26.2 Å². The molecule has 2 heterocycles. The van der Waals surface area contributed by atoms with Crippen LogP contribution < -0.4 is 5.32 Å². The first kappa shape index (κ1) is 22.3. The summed E-state index contributed by atoms with van der Waals surface area (Å²) in [7, 11) is 0. The van der Waals surface area contributed by atoms with Gasteiger partial charge in [-0.2, -0.15) is 0 Å². The Labute approximate surface area is 198 Å². The standard InChI is InChI=1S/C28H28FN3O2/c1-19-21(6-5-9-24(19)29)17-26-27(28(34)31-14-12-30-13-15-31)23-16-20(18-33)10-11-25(23)32(26)22-7-3-2-4-8-22/h2-11,16,30,33H,12-15,17-18H2,1H3. The third-order valence-electron chi connectivity index (χ3n) is 6.68. The number of amides is 1. The Balaban J connectivity index is 1.80. The molecule has 34 heavy (non-hydrogen) atoms. The second kappa shape index (κ2) is 9.41. The summed E-state index contributed by atoms with van der Waals surface area (Å²) in [5.74, 6) is -0.280. The number of piperazine rings is 1. The van der Waals surface area contributed by atoms with Crippen molar-refractivity contribution >= 4 is 16.8 Å². The summed E-state index contributed by atoms with van der Waals surface area (Å²) < 4.78 is 16.5. The van der Waals surface area contributed by atoms with Crippen LogP contribution in [-0.4, -0.2) is 46.7 Å². The number of aliphatic hydroxyl groups is 1. The minimum atomic E-state index is -0.252. The van der Waals surface area contributed by atoms with Crippen LogP contribution in [0.3, 0.4) is 0 Å². The number of halogens is 1. The lowest BCUT2D eigenvalue weighted by atomic mass is 9.99. The molecule has 6 heteroatoms. The van der Waals surface area contributed by atoms with Gasteiger partial charge in [-0.3, -0.25) is 4.79 Å². The first-order chi connectivity index (χ1) is 16.6. The summed E-state index contributed by atoms with van der Waals surface area (Å²) in [4.78, 5) is 15.9. The Hall–Kier alpha value is -3.48. The van der Waals surface area contributed by atoms with E-state index >= 15 is 0 Å². The highest BCUT2D eigenvalue weighted by atomic mass is 19.1. The second-order valence-corrected chi connectivity index (χ2v) is 8.75. The molecule has 2 N–H and O–H groups in total. The van der Waals surface area contributed by atoms with E-state index in [9.17, 15) is 14.3 Å². The van der Waals surface area contributed by atoms with Gasteiger partial charge in [-0.1, -0.05) is 36.4 Å². The first-order valence-corrected chi connectivity index (χ1v) is 11.6. The number of carbonyl (C=O) groups is 1.